The first-order chi connectivity index (χ1) is 9.92. The minimum atomic E-state index is -4.72. The highest BCUT2D eigenvalue weighted by atomic mass is 79.9. The number of nitrogens with zero attached hydrogens (tertiary/aromatic N) is 3. The van der Waals surface area contributed by atoms with Gasteiger partial charge in [0.25, 0.3) is 0 Å². The Kier molecular flexibility index (Phi) is 3.32. The molecule has 4 nitrogen and oxygen atoms in total. The molecule has 0 saturated heterocycles. The first-order valence-electron chi connectivity index (χ1n) is 5.79. The molecule has 0 N–H and O–H groups in total. The number of ether oxygens (including phenoxy) is 1. The molecular formula is C13H7BrF3N3O. The van der Waals surface area contributed by atoms with Gasteiger partial charge in [0, 0.05) is 11.8 Å². The fourth-order valence-electron chi connectivity index (χ4n) is 1.97. The molecule has 0 fully saturated rings. The van der Waals surface area contributed by atoms with Gasteiger partial charge in [-0.1, -0.05) is 12.1 Å². The normalized spacial score (nSPS) is 11.8. The average Bonchev–Trinajstić information content (AvgIpc) is 2.76. The van der Waals surface area contributed by atoms with Crippen LogP contribution in [0, 0.1) is 0 Å². The fourth-order valence-corrected chi connectivity index (χ4v) is 2.31. The second kappa shape index (κ2) is 5.03. The molecule has 0 atom stereocenters. The van der Waals surface area contributed by atoms with Crippen molar-refractivity contribution in [2.24, 2.45) is 0 Å². The third-order valence-corrected chi connectivity index (χ3v) is 3.05. The molecule has 2 heterocycles. The molecule has 0 saturated carbocycles. The van der Waals surface area contributed by atoms with E-state index in [0.29, 0.717) is 21.5 Å². The third-order valence-electron chi connectivity index (χ3n) is 2.72. The molecule has 2 aromatic heterocycles. The van der Waals surface area contributed by atoms with Crippen LogP contribution >= 0.6 is 15.9 Å². The van der Waals surface area contributed by atoms with E-state index < -0.39 is 6.36 Å². The molecule has 0 unspecified atom stereocenters. The van der Waals surface area contributed by atoms with Gasteiger partial charge >= 0.3 is 6.36 Å². The van der Waals surface area contributed by atoms with Crippen LogP contribution in [0.4, 0.5) is 13.2 Å². The van der Waals surface area contributed by atoms with Crippen molar-refractivity contribution in [3.63, 3.8) is 0 Å². The van der Waals surface area contributed by atoms with Gasteiger partial charge < -0.3 is 4.74 Å². The number of pyridine rings is 1. The van der Waals surface area contributed by atoms with E-state index in [1.165, 1.54) is 22.7 Å². The Morgan fingerprint density at radius 3 is 2.71 bits per heavy atom. The molecule has 8 heteroatoms. The van der Waals surface area contributed by atoms with E-state index in [2.05, 4.69) is 30.7 Å². The quantitative estimate of drug-likeness (QED) is 0.694. The number of hydrogen-bond acceptors (Lipinski definition) is 3. The van der Waals surface area contributed by atoms with E-state index in [0.717, 1.165) is 0 Å². The summed E-state index contributed by atoms with van der Waals surface area (Å²) in [6.45, 7) is 0. The first kappa shape index (κ1) is 13.9. The number of benzene rings is 1. The van der Waals surface area contributed by atoms with Crippen molar-refractivity contribution in [1.29, 1.82) is 0 Å². The number of halogens is 4. The van der Waals surface area contributed by atoms with Crippen molar-refractivity contribution >= 4 is 21.6 Å². The molecule has 0 bridgehead atoms. The topological polar surface area (TPSA) is 39.4 Å². The van der Waals surface area contributed by atoms with Crippen LogP contribution in [0.1, 0.15) is 0 Å². The number of hydrogen-bond donors (Lipinski definition) is 0. The summed E-state index contributed by atoms with van der Waals surface area (Å²) in [4.78, 5) is 4.20. The van der Waals surface area contributed by atoms with Gasteiger partial charge in [-0.15, -0.1) is 18.3 Å². The Balaban J connectivity index is 2.08. The van der Waals surface area contributed by atoms with Crippen molar-refractivity contribution < 1.29 is 17.9 Å². The number of rotatable bonds is 2. The van der Waals surface area contributed by atoms with Crippen molar-refractivity contribution in [3.8, 4) is 16.9 Å². The Morgan fingerprint density at radius 2 is 1.95 bits per heavy atom. The van der Waals surface area contributed by atoms with Gasteiger partial charge in [0.05, 0.1) is 0 Å². The SMILES string of the molecule is FC(F)(F)Oc1cccc(-c2cccn3nc(Br)nc23)c1. The summed E-state index contributed by atoms with van der Waals surface area (Å²) < 4.78 is 42.7. The maximum Gasteiger partial charge on any atom is 0.573 e. The lowest BCUT2D eigenvalue weighted by molar-refractivity contribution is -0.274. The smallest absolute Gasteiger partial charge is 0.406 e. The number of aromatic nitrogens is 3. The summed E-state index contributed by atoms with van der Waals surface area (Å²) in [5.41, 5.74) is 1.75. The lowest BCUT2D eigenvalue weighted by Crippen LogP contribution is -2.17. The maximum atomic E-state index is 12.3. The molecule has 0 spiro atoms. The van der Waals surface area contributed by atoms with Crippen LogP contribution < -0.4 is 4.74 Å². The highest BCUT2D eigenvalue weighted by Crippen LogP contribution is 2.29. The maximum absolute atomic E-state index is 12.3. The van der Waals surface area contributed by atoms with E-state index in [1.807, 2.05) is 0 Å². The zero-order valence-electron chi connectivity index (χ0n) is 10.3. The summed E-state index contributed by atoms with van der Waals surface area (Å²) >= 11 is 3.17. The Hall–Kier alpha value is -2.09. The molecule has 0 amide bonds. The standard InChI is InChI=1S/C13H7BrF3N3O/c14-12-18-11-10(5-2-6-20(11)19-12)8-3-1-4-9(7-8)21-13(15,16)17/h1-7H. The third kappa shape index (κ3) is 2.99. The van der Waals surface area contributed by atoms with Gasteiger partial charge in [0.15, 0.2) is 5.65 Å². The van der Waals surface area contributed by atoms with Crippen LogP contribution in [0.25, 0.3) is 16.8 Å². The van der Waals surface area contributed by atoms with E-state index in [4.69, 9.17) is 0 Å². The van der Waals surface area contributed by atoms with Crippen molar-refractivity contribution in [1.82, 2.24) is 14.6 Å². The van der Waals surface area contributed by atoms with Crippen molar-refractivity contribution in [3.05, 3.63) is 47.3 Å². The molecule has 0 aliphatic rings. The highest BCUT2D eigenvalue weighted by Gasteiger charge is 2.31. The van der Waals surface area contributed by atoms with Crippen LogP contribution in [0.5, 0.6) is 5.75 Å². The van der Waals surface area contributed by atoms with Crippen molar-refractivity contribution in [2.75, 3.05) is 0 Å². The second-order valence-electron chi connectivity index (χ2n) is 4.15. The minimum absolute atomic E-state index is 0.277. The zero-order valence-corrected chi connectivity index (χ0v) is 11.9. The number of fused-ring (bicyclic) bond motifs is 1. The van der Waals surface area contributed by atoms with E-state index in [-0.39, 0.29) is 5.75 Å². The van der Waals surface area contributed by atoms with Crippen LogP contribution in [0.15, 0.2) is 47.3 Å². The summed E-state index contributed by atoms with van der Waals surface area (Å²) in [6, 6.07) is 9.22. The van der Waals surface area contributed by atoms with Gasteiger partial charge in [-0.25, -0.2) is 9.50 Å². The molecule has 3 aromatic rings. The molecule has 108 valence electrons. The summed E-state index contributed by atoms with van der Waals surface area (Å²) in [6.07, 6.45) is -3.02. The zero-order chi connectivity index (χ0) is 15.0. The Morgan fingerprint density at radius 1 is 1.14 bits per heavy atom. The molecule has 0 radical (unpaired) electrons. The highest BCUT2D eigenvalue weighted by molar-refractivity contribution is 9.10. The van der Waals surface area contributed by atoms with Crippen LogP contribution in [-0.4, -0.2) is 21.0 Å². The van der Waals surface area contributed by atoms with E-state index in [9.17, 15) is 13.2 Å². The predicted octanol–water partition coefficient (Wildman–Crippen LogP) is 4.06. The first-order valence-corrected chi connectivity index (χ1v) is 6.59. The van der Waals surface area contributed by atoms with Gasteiger partial charge in [-0.3, -0.25) is 0 Å². The van der Waals surface area contributed by atoms with Crippen molar-refractivity contribution in [2.45, 2.75) is 6.36 Å². The van der Waals surface area contributed by atoms with Gasteiger partial charge in [-0.2, -0.15) is 0 Å². The predicted molar refractivity (Wildman–Crippen MR) is 72.8 cm³/mol. The van der Waals surface area contributed by atoms with Gasteiger partial charge in [-0.05, 0) is 45.8 Å². The molecular weight excluding hydrogens is 351 g/mol. The van der Waals surface area contributed by atoms with Crippen LogP contribution in [0.2, 0.25) is 0 Å². The molecule has 1 aromatic carbocycles. The molecule has 0 aliphatic heterocycles. The second-order valence-corrected chi connectivity index (χ2v) is 4.86. The summed E-state index contributed by atoms with van der Waals surface area (Å²) in [7, 11) is 0. The monoisotopic (exact) mass is 357 g/mol. The molecule has 0 aliphatic carbocycles. The van der Waals surface area contributed by atoms with E-state index in [1.54, 1.807) is 24.4 Å². The summed E-state index contributed by atoms with van der Waals surface area (Å²) in [5, 5.41) is 4.09. The van der Waals surface area contributed by atoms with Gasteiger partial charge in [0.1, 0.15) is 5.75 Å². The van der Waals surface area contributed by atoms with Crippen LogP contribution in [-0.2, 0) is 0 Å². The minimum Gasteiger partial charge on any atom is -0.406 e. The Bertz CT molecular complexity index is 801. The van der Waals surface area contributed by atoms with Crippen LogP contribution in [0.3, 0.4) is 0 Å². The lowest BCUT2D eigenvalue weighted by atomic mass is 10.1. The summed E-state index contributed by atoms with van der Waals surface area (Å²) in [5.74, 6) is -0.277. The lowest BCUT2D eigenvalue weighted by Gasteiger charge is -2.10. The molecule has 21 heavy (non-hydrogen) atoms. The number of alkyl halides is 3. The average molecular weight is 358 g/mol. The molecule has 3 rings (SSSR count). The Labute approximate surface area is 125 Å². The largest absolute Gasteiger partial charge is 0.573 e. The van der Waals surface area contributed by atoms with E-state index >= 15 is 0 Å². The fraction of sp³-hybridized carbons (Fsp3) is 0.0769. The van der Waals surface area contributed by atoms with Gasteiger partial charge in [0.2, 0.25) is 4.73 Å².